The molecule has 2 aromatic carbocycles. The van der Waals surface area contributed by atoms with E-state index in [0.717, 1.165) is 17.6 Å². The molecule has 9 heteroatoms. The zero-order valence-electron chi connectivity index (χ0n) is 12.0. The van der Waals surface area contributed by atoms with E-state index < -0.39 is 11.6 Å². The number of hydrogen-bond donors (Lipinski definition) is 2. The molecule has 0 aliphatic carbocycles. The summed E-state index contributed by atoms with van der Waals surface area (Å²) in [6.45, 7) is 0.176. The maximum absolute atomic E-state index is 13.7. The van der Waals surface area contributed by atoms with E-state index >= 15 is 0 Å². The summed E-state index contributed by atoms with van der Waals surface area (Å²) in [5, 5.41) is 5.74. The van der Waals surface area contributed by atoms with Gasteiger partial charge in [-0.1, -0.05) is 0 Å². The van der Waals surface area contributed by atoms with Crippen molar-refractivity contribution in [1.29, 1.82) is 0 Å². The first-order chi connectivity index (χ1) is 11.7. The maximum Gasteiger partial charge on any atom is 0.253 e. The summed E-state index contributed by atoms with van der Waals surface area (Å²) in [5.41, 5.74) is 1.54. The predicted molar refractivity (Wildman–Crippen MR) is 80.6 cm³/mol. The zero-order valence-corrected chi connectivity index (χ0v) is 12.0. The highest BCUT2D eigenvalue weighted by Crippen LogP contribution is 2.36. The number of aromatic nitrogens is 4. The van der Waals surface area contributed by atoms with Crippen molar-refractivity contribution in [3.8, 4) is 11.5 Å². The highest BCUT2D eigenvalue weighted by atomic mass is 19.1. The number of ether oxygens (including phenoxy) is 2. The molecule has 0 amide bonds. The van der Waals surface area contributed by atoms with Crippen molar-refractivity contribution in [1.82, 2.24) is 19.6 Å². The van der Waals surface area contributed by atoms with Crippen molar-refractivity contribution in [3.05, 3.63) is 42.0 Å². The molecule has 2 aromatic heterocycles. The summed E-state index contributed by atoms with van der Waals surface area (Å²) in [6.07, 6.45) is 0. The standard InChI is InChI=1S/C15H9F2N5O2/c16-7-1-2-9(8(17)3-7)18-14-20-15-19-10-4-12-13(24-6-23-12)5-11(10)22(15)21-14/h1-5H,6H2,(H2,18,19,20,21). The fourth-order valence-electron chi connectivity index (χ4n) is 2.65. The second-order valence-corrected chi connectivity index (χ2v) is 5.26. The first-order valence-corrected chi connectivity index (χ1v) is 7.07. The molecule has 0 spiro atoms. The third-order valence-electron chi connectivity index (χ3n) is 3.74. The number of nitrogens with one attached hydrogen (secondary N) is 2. The predicted octanol–water partition coefficient (Wildman–Crippen LogP) is 2.96. The highest BCUT2D eigenvalue weighted by Gasteiger charge is 2.18. The lowest BCUT2D eigenvalue weighted by Gasteiger charge is -2.03. The van der Waals surface area contributed by atoms with Crippen LogP contribution in [-0.4, -0.2) is 26.4 Å². The van der Waals surface area contributed by atoms with E-state index in [-0.39, 0.29) is 18.4 Å². The van der Waals surface area contributed by atoms with E-state index in [9.17, 15) is 8.78 Å². The Balaban J connectivity index is 1.58. The topological polar surface area (TPSA) is 76.5 Å². The fourth-order valence-corrected chi connectivity index (χ4v) is 2.65. The number of imidazole rings is 1. The smallest absolute Gasteiger partial charge is 0.253 e. The first-order valence-electron chi connectivity index (χ1n) is 7.07. The number of benzene rings is 2. The Morgan fingerprint density at radius 2 is 1.92 bits per heavy atom. The highest BCUT2D eigenvalue weighted by molar-refractivity contribution is 5.83. The molecule has 1 aliphatic heterocycles. The van der Waals surface area contributed by atoms with Crippen LogP contribution in [0.4, 0.5) is 20.4 Å². The van der Waals surface area contributed by atoms with Gasteiger partial charge in [-0.25, -0.2) is 18.3 Å². The van der Waals surface area contributed by atoms with Gasteiger partial charge in [0.2, 0.25) is 12.7 Å². The van der Waals surface area contributed by atoms with Crippen molar-refractivity contribution >= 4 is 28.4 Å². The molecule has 4 aromatic rings. The summed E-state index contributed by atoms with van der Waals surface area (Å²) in [4.78, 5) is 8.64. The minimum Gasteiger partial charge on any atom is -0.454 e. The molecule has 0 saturated carbocycles. The van der Waals surface area contributed by atoms with Gasteiger partial charge in [0.15, 0.2) is 11.5 Å². The van der Waals surface area contributed by atoms with Gasteiger partial charge < -0.3 is 14.8 Å². The van der Waals surface area contributed by atoms with Gasteiger partial charge in [-0.2, -0.15) is 4.98 Å². The summed E-state index contributed by atoms with van der Waals surface area (Å²) in [5.74, 6) is 0.584. The van der Waals surface area contributed by atoms with E-state index in [1.54, 1.807) is 16.6 Å². The van der Waals surface area contributed by atoms with E-state index in [2.05, 4.69) is 20.4 Å². The van der Waals surface area contributed by atoms with Crippen molar-refractivity contribution in [2.45, 2.75) is 0 Å². The molecule has 7 nitrogen and oxygen atoms in total. The maximum atomic E-state index is 13.7. The summed E-state index contributed by atoms with van der Waals surface area (Å²) in [7, 11) is 0. The van der Waals surface area contributed by atoms with E-state index in [1.807, 2.05) is 0 Å². The molecule has 24 heavy (non-hydrogen) atoms. The Morgan fingerprint density at radius 3 is 2.75 bits per heavy atom. The Morgan fingerprint density at radius 1 is 1.08 bits per heavy atom. The third-order valence-corrected chi connectivity index (χ3v) is 3.74. The Bertz CT molecular complexity index is 1100. The number of anilines is 2. The van der Waals surface area contributed by atoms with Crippen LogP contribution in [0.3, 0.4) is 0 Å². The molecule has 0 saturated heterocycles. The number of H-pyrrole nitrogens is 1. The van der Waals surface area contributed by atoms with Gasteiger partial charge in [-0.15, -0.1) is 0 Å². The van der Waals surface area contributed by atoms with Crippen LogP contribution >= 0.6 is 0 Å². The average Bonchev–Trinajstić information content (AvgIpc) is 3.22. The lowest BCUT2D eigenvalue weighted by atomic mass is 10.3. The van der Waals surface area contributed by atoms with Gasteiger partial charge in [0.25, 0.3) is 5.78 Å². The largest absolute Gasteiger partial charge is 0.454 e. The molecule has 3 heterocycles. The van der Waals surface area contributed by atoms with Gasteiger partial charge in [0.05, 0.1) is 16.7 Å². The number of halogens is 2. The van der Waals surface area contributed by atoms with E-state index in [1.165, 1.54) is 6.07 Å². The number of nitrogens with zero attached hydrogens (tertiary/aromatic N) is 3. The number of fused-ring (bicyclic) bond motifs is 4. The second kappa shape index (κ2) is 4.57. The molecule has 1 aliphatic rings. The second-order valence-electron chi connectivity index (χ2n) is 5.26. The van der Waals surface area contributed by atoms with Crippen LogP contribution in [0, 0.1) is 11.6 Å². The van der Waals surface area contributed by atoms with Crippen LogP contribution in [0.5, 0.6) is 11.5 Å². The van der Waals surface area contributed by atoms with Crippen LogP contribution in [0.1, 0.15) is 0 Å². The number of rotatable bonds is 2. The van der Waals surface area contributed by atoms with Gasteiger partial charge in [-0.05, 0) is 12.1 Å². The summed E-state index contributed by atoms with van der Waals surface area (Å²) in [6, 6.07) is 6.82. The van der Waals surface area contributed by atoms with Crippen LogP contribution in [0.2, 0.25) is 0 Å². The van der Waals surface area contributed by atoms with Gasteiger partial charge in [-0.3, -0.25) is 5.10 Å². The zero-order chi connectivity index (χ0) is 16.3. The van der Waals surface area contributed by atoms with Crippen LogP contribution in [0.25, 0.3) is 16.8 Å². The Labute approximate surface area is 132 Å². The molecule has 0 radical (unpaired) electrons. The third kappa shape index (κ3) is 1.87. The van der Waals surface area contributed by atoms with Crippen molar-refractivity contribution < 1.29 is 18.3 Å². The summed E-state index contributed by atoms with van der Waals surface area (Å²) >= 11 is 0. The molecule has 2 N–H and O–H groups in total. The monoisotopic (exact) mass is 329 g/mol. The molecule has 0 bridgehead atoms. The summed E-state index contributed by atoms with van der Waals surface area (Å²) < 4.78 is 39.0. The first kappa shape index (κ1) is 13.1. The van der Waals surface area contributed by atoms with Gasteiger partial charge in [0.1, 0.15) is 11.6 Å². The number of hydrogen-bond acceptors (Lipinski definition) is 5. The Kier molecular flexibility index (Phi) is 2.50. The molecule has 120 valence electrons. The fraction of sp³-hybridized carbons (Fsp3) is 0.0667. The normalized spacial score (nSPS) is 13.1. The van der Waals surface area contributed by atoms with Crippen molar-refractivity contribution in [3.63, 3.8) is 0 Å². The number of aromatic amines is 1. The lowest BCUT2D eigenvalue weighted by molar-refractivity contribution is 0.174. The minimum atomic E-state index is -0.711. The van der Waals surface area contributed by atoms with E-state index in [0.29, 0.717) is 22.8 Å². The Hall–Kier alpha value is -3.36. The van der Waals surface area contributed by atoms with Crippen molar-refractivity contribution in [2.75, 3.05) is 12.1 Å². The molecule has 0 atom stereocenters. The average molecular weight is 329 g/mol. The van der Waals surface area contributed by atoms with Crippen LogP contribution < -0.4 is 14.8 Å². The molecule has 5 rings (SSSR count). The van der Waals surface area contributed by atoms with Gasteiger partial charge >= 0.3 is 0 Å². The van der Waals surface area contributed by atoms with Gasteiger partial charge in [0, 0.05) is 18.2 Å². The molecular formula is C15H9F2N5O2. The quantitative estimate of drug-likeness (QED) is 0.591. The molecule has 0 fully saturated rings. The molecule has 0 unspecified atom stereocenters. The minimum absolute atomic E-state index is 0.107. The van der Waals surface area contributed by atoms with Crippen LogP contribution in [0.15, 0.2) is 30.3 Å². The van der Waals surface area contributed by atoms with Crippen LogP contribution in [-0.2, 0) is 0 Å². The molecular weight excluding hydrogens is 320 g/mol. The van der Waals surface area contributed by atoms with E-state index in [4.69, 9.17) is 9.47 Å². The SMILES string of the molecule is Fc1ccc(Nc2nc3nc4cc5c(cc4n3[nH]2)OCO5)c(F)c1. The van der Waals surface area contributed by atoms with Crippen molar-refractivity contribution in [2.24, 2.45) is 0 Å². The lowest BCUT2D eigenvalue weighted by Crippen LogP contribution is -1.97.